The van der Waals surface area contributed by atoms with Crippen LogP contribution < -0.4 is 10.6 Å². The molecule has 0 aromatic heterocycles. The van der Waals surface area contributed by atoms with Gasteiger partial charge in [-0.1, -0.05) is 43.9 Å². The van der Waals surface area contributed by atoms with Crippen molar-refractivity contribution in [3.05, 3.63) is 28.8 Å². The fourth-order valence-electron chi connectivity index (χ4n) is 1.99. The SMILES string of the molecule is CCCCCC(C)NCC(=O)Nc1cc(Cl)ccc1C. The molecule has 0 radical (unpaired) electrons. The Balaban J connectivity index is 2.34. The van der Waals surface area contributed by atoms with Gasteiger partial charge in [-0.15, -0.1) is 0 Å². The second-order valence-electron chi connectivity index (χ2n) is 5.29. The molecule has 2 N–H and O–H groups in total. The number of nitrogens with one attached hydrogen (secondary N) is 2. The summed E-state index contributed by atoms with van der Waals surface area (Å²) in [5.41, 5.74) is 1.79. The molecular formula is C16H25ClN2O. The summed E-state index contributed by atoms with van der Waals surface area (Å²) < 4.78 is 0. The minimum atomic E-state index is -0.0299. The summed E-state index contributed by atoms with van der Waals surface area (Å²) in [6.45, 7) is 6.60. The smallest absolute Gasteiger partial charge is 0.238 e. The van der Waals surface area contributed by atoms with E-state index < -0.39 is 0 Å². The second-order valence-corrected chi connectivity index (χ2v) is 5.72. The van der Waals surface area contributed by atoms with Gasteiger partial charge in [-0.2, -0.15) is 0 Å². The van der Waals surface area contributed by atoms with Crippen LogP contribution in [0.15, 0.2) is 18.2 Å². The molecule has 0 spiro atoms. The fraction of sp³-hybridized carbons (Fsp3) is 0.562. The number of hydrogen-bond acceptors (Lipinski definition) is 2. The molecule has 1 amide bonds. The van der Waals surface area contributed by atoms with E-state index >= 15 is 0 Å². The Morgan fingerprint density at radius 3 is 2.80 bits per heavy atom. The summed E-state index contributed by atoms with van der Waals surface area (Å²) in [5.74, 6) is -0.0299. The topological polar surface area (TPSA) is 41.1 Å². The van der Waals surface area contributed by atoms with E-state index in [1.165, 1.54) is 19.3 Å². The van der Waals surface area contributed by atoms with Crippen molar-refractivity contribution in [1.82, 2.24) is 5.32 Å². The van der Waals surface area contributed by atoms with Crippen molar-refractivity contribution in [1.29, 1.82) is 0 Å². The standard InChI is InChI=1S/C16H25ClN2O/c1-4-5-6-7-13(3)18-11-16(20)19-15-10-14(17)9-8-12(15)2/h8-10,13,18H,4-7,11H2,1-3H3,(H,19,20). The minimum absolute atomic E-state index is 0.0299. The second kappa shape index (κ2) is 8.98. The maximum Gasteiger partial charge on any atom is 0.238 e. The number of rotatable bonds is 8. The first kappa shape index (κ1) is 17.0. The van der Waals surface area contributed by atoms with Gasteiger partial charge >= 0.3 is 0 Å². The molecule has 112 valence electrons. The molecule has 0 bridgehead atoms. The van der Waals surface area contributed by atoms with E-state index in [1.807, 2.05) is 19.1 Å². The lowest BCUT2D eigenvalue weighted by Crippen LogP contribution is -2.34. The predicted octanol–water partition coefficient (Wildman–Crippen LogP) is 4.15. The van der Waals surface area contributed by atoms with Gasteiger partial charge in [0.25, 0.3) is 0 Å². The van der Waals surface area contributed by atoms with Gasteiger partial charge in [0.05, 0.1) is 6.54 Å². The molecule has 1 aromatic carbocycles. The maximum absolute atomic E-state index is 11.9. The molecule has 1 aromatic rings. The zero-order valence-corrected chi connectivity index (χ0v) is 13.4. The third kappa shape index (κ3) is 6.40. The summed E-state index contributed by atoms with van der Waals surface area (Å²) in [4.78, 5) is 11.9. The number of carbonyl (C=O) groups is 1. The highest BCUT2D eigenvalue weighted by molar-refractivity contribution is 6.31. The molecule has 0 heterocycles. The largest absolute Gasteiger partial charge is 0.325 e. The Labute approximate surface area is 127 Å². The monoisotopic (exact) mass is 296 g/mol. The van der Waals surface area contributed by atoms with Crippen LogP contribution in [0.25, 0.3) is 0 Å². The van der Waals surface area contributed by atoms with Crippen LogP contribution in [0.2, 0.25) is 5.02 Å². The predicted molar refractivity (Wildman–Crippen MR) is 86.4 cm³/mol. The average molecular weight is 297 g/mol. The number of halogens is 1. The molecule has 4 heteroatoms. The fourth-order valence-corrected chi connectivity index (χ4v) is 2.16. The van der Waals surface area contributed by atoms with Crippen LogP contribution in [0.5, 0.6) is 0 Å². The molecule has 0 aliphatic rings. The van der Waals surface area contributed by atoms with Crippen molar-refractivity contribution in [2.24, 2.45) is 0 Å². The Morgan fingerprint density at radius 1 is 1.35 bits per heavy atom. The minimum Gasteiger partial charge on any atom is -0.325 e. The Morgan fingerprint density at radius 2 is 2.10 bits per heavy atom. The molecule has 1 unspecified atom stereocenters. The van der Waals surface area contributed by atoms with E-state index in [0.29, 0.717) is 17.6 Å². The van der Waals surface area contributed by atoms with E-state index in [4.69, 9.17) is 11.6 Å². The summed E-state index contributed by atoms with van der Waals surface area (Å²) in [7, 11) is 0. The van der Waals surface area contributed by atoms with E-state index in [0.717, 1.165) is 17.7 Å². The Hall–Kier alpha value is -1.06. The number of carbonyl (C=O) groups excluding carboxylic acids is 1. The number of hydrogen-bond donors (Lipinski definition) is 2. The van der Waals surface area contributed by atoms with E-state index in [9.17, 15) is 4.79 Å². The van der Waals surface area contributed by atoms with Gasteiger partial charge in [0.15, 0.2) is 0 Å². The zero-order valence-electron chi connectivity index (χ0n) is 12.6. The van der Waals surface area contributed by atoms with Gasteiger partial charge in [0, 0.05) is 16.8 Å². The Kier molecular flexibility index (Phi) is 7.63. The zero-order chi connectivity index (χ0) is 15.0. The molecule has 3 nitrogen and oxygen atoms in total. The van der Waals surface area contributed by atoms with Gasteiger partial charge < -0.3 is 10.6 Å². The molecule has 0 aliphatic carbocycles. The normalized spacial score (nSPS) is 12.2. The lowest BCUT2D eigenvalue weighted by molar-refractivity contribution is -0.115. The highest BCUT2D eigenvalue weighted by Crippen LogP contribution is 2.19. The molecule has 0 saturated heterocycles. The number of benzene rings is 1. The molecule has 0 saturated carbocycles. The van der Waals surface area contributed by atoms with Crippen LogP contribution in [-0.4, -0.2) is 18.5 Å². The first-order valence-electron chi connectivity index (χ1n) is 7.32. The average Bonchev–Trinajstić information content (AvgIpc) is 2.41. The van der Waals surface area contributed by atoms with Crippen molar-refractivity contribution >= 4 is 23.2 Å². The highest BCUT2D eigenvalue weighted by Gasteiger charge is 2.07. The van der Waals surface area contributed by atoms with Crippen LogP contribution in [0.3, 0.4) is 0 Å². The number of amides is 1. The number of unbranched alkanes of at least 4 members (excludes halogenated alkanes) is 2. The van der Waals surface area contributed by atoms with Gasteiger partial charge in [-0.05, 0) is 38.0 Å². The van der Waals surface area contributed by atoms with Gasteiger partial charge in [-0.3, -0.25) is 4.79 Å². The molecule has 20 heavy (non-hydrogen) atoms. The third-order valence-electron chi connectivity index (χ3n) is 3.33. The van der Waals surface area contributed by atoms with Gasteiger partial charge in [-0.25, -0.2) is 0 Å². The van der Waals surface area contributed by atoms with E-state index in [-0.39, 0.29) is 5.91 Å². The van der Waals surface area contributed by atoms with Gasteiger partial charge in [0.2, 0.25) is 5.91 Å². The van der Waals surface area contributed by atoms with Crippen LogP contribution in [0.1, 0.15) is 45.1 Å². The summed E-state index contributed by atoms with van der Waals surface area (Å²) >= 11 is 5.93. The van der Waals surface area contributed by atoms with Crippen molar-refractivity contribution in [3.63, 3.8) is 0 Å². The maximum atomic E-state index is 11.9. The molecule has 0 fully saturated rings. The lowest BCUT2D eigenvalue weighted by atomic mass is 10.1. The quantitative estimate of drug-likeness (QED) is 0.708. The first-order valence-corrected chi connectivity index (χ1v) is 7.70. The van der Waals surface area contributed by atoms with Crippen LogP contribution >= 0.6 is 11.6 Å². The van der Waals surface area contributed by atoms with Crippen LogP contribution in [-0.2, 0) is 4.79 Å². The summed E-state index contributed by atoms with van der Waals surface area (Å²) in [6, 6.07) is 5.87. The van der Waals surface area contributed by atoms with Crippen LogP contribution in [0.4, 0.5) is 5.69 Å². The van der Waals surface area contributed by atoms with Crippen molar-refractivity contribution in [3.8, 4) is 0 Å². The highest BCUT2D eigenvalue weighted by atomic mass is 35.5. The van der Waals surface area contributed by atoms with Crippen molar-refractivity contribution in [2.75, 3.05) is 11.9 Å². The molecule has 1 atom stereocenters. The summed E-state index contributed by atoms with van der Waals surface area (Å²) in [5, 5.41) is 6.77. The third-order valence-corrected chi connectivity index (χ3v) is 3.56. The van der Waals surface area contributed by atoms with E-state index in [1.54, 1.807) is 6.07 Å². The van der Waals surface area contributed by atoms with Gasteiger partial charge in [0.1, 0.15) is 0 Å². The molecule has 0 aliphatic heterocycles. The Bertz CT molecular complexity index is 434. The van der Waals surface area contributed by atoms with Crippen LogP contribution in [0, 0.1) is 6.92 Å². The first-order chi connectivity index (χ1) is 9.52. The summed E-state index contributed by atoms with van der Waals surface area (Å²) in [6.07, 6.45) is 4.79. The lowest BCUT2D eigenvalue weighted by Gasteiger charge is -2.14. The number of aryl methyl sites for hydroxylation is 1. The van der Waals surface area contributed by atoms with Crippen molar-refractivity contribution in [2.45, 2.75) is 52.5 Å². The molecular weight excluding hydrogens is 272 g/mol. The molecule has 1 rings (SSSR count). The number of anilines is 1. The van der Waals surface area contributed by atoms with Crippen molar-refractivity contribution < 1.29 is 4.79 Å². The van der Waals surface area contributed by atoms with E-state index in [2.05, 4.69) is 24.5 Å².